The van der Waals surface area contributed by atoms with Crippen molar-refractivity contribution >= 4 is 12.6 Å². The summed E-state index contributed by atoms with van der Waals surface area (Å²) in [6.07, 6.45) is 0. The van der Waals surface area contributed by atoms with E-state index < -0.39 is 0 Å². The molecule has 1 aromatic rings. The van der Waals surface area contributed by atoms with Crippen LogP contribution in [-0.2, 0) is 0 Å². The van der Waals surface area contributed by atoms with Gasteiger partial charge in [0.25, 0.3) is 0 Å². The number of hydrogen-bond acceptors (Lipinski definition) is 3. The maximum Gasteiger partial charge on any atom is 0.174 e. The number of phenolic OH excluding ortho intramolecular Hbond substituents is 1. The average Bonchev–Trinajstić information content (AvgIpc) is 1.97. The van der Waals surface area contributed by atoms with Gasteiger partial charge in [-0.2, -0.15) is 0 Å². The summed E-state index contributed by atoms with van der Waals surface area (Å²) in [6.45, 7) is 2.39. The number of benzene rings is 1. The molecule has 0 bridgehead atoms. The number of thiol groups is 1. The van der Waals surface area contributed by atoms with E-state index in [1.807, 2.05) is 6.92 Å². The Bertz CT molecular complexity index is 228. The van der Waals surface area contributed by atoms with Crippen molar-refractivity contribution in [3.8, 4) is 11.5 Å². The number of ether oxygens (including phenoxy) is 1. The predicted molar refractivity (Wildman–Crippen MR) is 46.5 cm³/mol. The lowest BCUT2D eigenvalue weighted by molar-refractivity contribution is 0.310. The van der Waals surface area contributed by atoms with Crippen LogP contribution in [0.2, 0.25) is 0 Å². The molecule has 3 heteroatoms. The minimum Gasteiger partial charge on any atom is -0.504 e. The van der Waals surface area contributed by atoms with E-state index in [0.717, 1.165) is 0 Å². The molecule has 0 saturated heterocycles. The SMILES string of the molecule is CCOc1c(O)cccc1S. The summed E-state index contributed by atoms with van der Waals surface area (Å²) in [7, 11) is 0. The fourth-order valence-corrected chi connectivity index (χ4v) is 1.07. The minimum absolute atomic E-state index is 0.138. The van der Waals surface area contributed by atoms with Crippen molar-refractivity contribution in [1.29, 1.82) is 0 Å². The second kappa shape index (κ2) is 3.53. The number of aromatic hydroxyl groups is 1. The van der Waals surface area contributed by atoms with Gasteiger partial charge in [0.1, 0.15) is 0 Å². The van der Waals surface area contributed by atoms with Crippen molar-refractivity contribution in [2.45, 2.75) is 11.8 Å². The van der Waals surface area contributed by atoms with Gasteiger partial charge in [-0.15, -0.1) is 12.6 Å². The van der Waals surface area contributed by atoms with Crippen LogP contribution in [0.5, 0.6) is 11.5 Å². The molecule has 0 radical (unpaired) electrons. The Labute approximate surface area is 71.2 Å². The zero-order valence-corrected chi connectivity index (χ0v) is 7.14. The summed E-state index contributed by atoms with van der Waals surface area (Å²) in [6, 6.07) is 5.07. The molecule has 11 heavy (non-hydrogen) atoms. The maximum absolute atomic E-state index is 9.25. The van der Waals surface area contributed by atoms with Gasteiger partial charge in [0.15, 0.2) is 11.5 Å². The second-order valence-electron chi connectivity index (χ2n) is 2.06. The first-order valence-corrected chi connectivity index (χ1v) is 3.84. The van der Waals surface area contributed by atoms with E-state index in [1.54, 1.807) is 18.2 Å². The Morgan fingerprint density at radius 3 is 2.82 bits per heavy atom. The molecule has 0 unspecified atom stereocenters. The predicted octanol–water partition coefficient (Wildman–Crippen LogP) is 2.08. The van der Waals surface area contributed by atoms with Gasteiger partial charge in [-0.3, -0.25) is 0 Å². The van der Waals surface area contributed by atoms with Crippen LogP contribution in [0.3, 0.4) is 0 Å². The lowest BCUT2D eigenvalue weighted by Crippen LogP contribution is -1.92. The van der Waals surface area contributed by atoms with E-state index in [2.05, 4.69) is 12.6 Å². The molecule has 1 N–H and O–H groups in total. The first-order chi connectivity index (χ1) is 5.25. The zero-order chi connectivity index (χ0) is 8.27. The van der Waals surface area contributed by atoms with Crippen LogP contribution >= 0.6 is 12.6 Å². The van der Waals surface area contributed by atoms with E-state index in [-0.39, 0.29) is 5.75 Å². The summed E-state index contributed by atoms with van der Waals surface area (Å²) in [5.41, 5.74) is 0. The van der Waals surface area contributed by atoms with Crippen LogP contribution in [0.1, 0.15) is 6.92 Å². The molecule has 60 valence electrons. The molecule has 0 aliphatic rings. The lowest BCUT2D eigenvalue weighted by atomic mass is 10.3. The van der Waals surface area contributed by atoms with Crippen LogP contribution in [-0.4, -0.2) is 11.7 Å². The van der Waals surface area contributed by atoms with Crippen LogP contribution < -0.4 is 4.74 Å². The van der Waals surface area contributed by atoms with E-state index in [0.29, 0.717) is 17.3 Å². The highest BCUT2D eigenvalue weighted by Gasteiger charge is 2.03. The summed E-state index contributed by atoms with van der Waals surface area (Å²) >= 11 is 4.12. The van der Waals surface area contributed by atoms with Crippen molar-refractivity contribution in [2.24, 2.45) is 0 Å². The van der Waals surface area contributed by atoms with Crippen molar-refractivity contribution in [3.63, 3.8) is 0 Å². The van der Waals surface area contributed by atoms with Crippen LogP contribution in [0, 0.1) is 0 Å². The second-order valence-corrected chi connectivity index (χ2v) is 2.54. The summed E-state index contributed by atoms with van der Waals surface area (Å²) in [5, 5.41) is 9.25. The van der Waals surface area contributed by atoms with Gasteiger partial charge in [0, 0.05) is 0 Å². The number of hydrogen-bond donors (Lipinski definition) is 2. The molecule has 0 saturated carbocycles. The van der Waals surface area contributed by atoms with Gasteiger partial charge < -0.3 is 9.84 Å². The molecule has 0 aromatic heterocycles. The van der Waals surface area contributed by atoms with Crippen LogP contribution in [0.4, 0.5) is 0 Å². The molecular weight excluding hydrogens is 160 g/mol. The number of phenols is 1. The Morgan fingerprint density at radius 2 is 2.27 bits per heavy atom. The highest BCUT2D eigenvalue weighted by atomic mass is 32.1. The molecule has 1 aromatic carbocycles. The molecule has 0 spiro atoms. The van der Waals surface area contributed by atoms with E-state index >= 15 is 0 Å². The van der Waals surface area contributed by atoms with Gasteiger partial charge in [-0.05, 0) is 19.1 Å². The first-order valence-electron chi connectivity index (χ1n) is 3.39. The van der Waals surface area contributed by atoms with Gasteiger partial charge in [-0.1, -0.05) is 6.07 Å². The normalized spacial score (nSPS) is 9.64. The van der Waals surface area contributed by atoms with E-state index in [4.69, 9.17) is 4.74 Å². The van der Waals surface area contributed by atoms with Gasteiger partial charge in [0.05, 0.1) is 11.5 Å². The Hall–Kier alpha value is -0.830. The monoisotopic (exact) mass is 170 g/mol. The lowest BCUT2D eigenvalue weighted by Gasteiger charge is -2.06. The largest absolute Gasteiger partial charge is 0.504 e. The Kier molecular flexibility index (Phi) is 2.65. The molecular formula is C8H10O2S. The average molecular weight is 170 g/mol. The summed E-state index contributed by atoms with van der Waals surface area (Å²) in [5.74, 6) is 0.595. The number of para-hydroxylation sites is 1. The topological polar surface area (TPSA) is 29.5 Å². The first kappa shape index (κ1) is 8.27. The van der Waals surface area contributed by atoms with Gasteiger partial charge in [-0.25, -0.2) is 0 Å². The highest BCUT2D eigenvalue weighted by Crippen LogP contribution is 2.31. The smallest absolute Gasteiger partial charge is 0.174 e. The van der Waals surface area contributed by atoms with Gasteiger partial charge in [0.2, 0.25) is 0 Å². The van der Waals surface area contributed by atoms with E-state index in [1.165, 1.54) is 0 Å². The third-order valence-corrected chi connectivity index (χ3v) is 1.61. The van der Waals surface area contributed by atoms with Crippen molar-refractivity contribution in [2.75, 3.05) is 6.61 Å². The maximum atomic E-state index is 9.25. The molecule has 0 atom stereocenters. The third kappa shape index (κ3) is 1.80. The van der Waals surface area contributed by atoms with Crippen LogP contribution in [0.25, 0.3) is 0 Å². The van der Waals surface area contributed by atoms with Crippen molar-refractivity contribution in [1.82, 2.24) is 0 Å². The standard InChI is InChI=1S/C8H10O2S/c1-2-10-8-6(9)4-3-5-7(8)11/h3-5,9,11H,2H2,1H3. The molecule has 0 heterocycles. The quantitative estimate of drug-likeness (QED) is 0.665. The molecule has 0 aliphatic heterocycles. The zero-order valence-electron chi connectivity index (χ0n) is 6.24. The van der Waals surface area contributed by atoms with Crippen molar-refractivity contribution in [3.05, 3.63) is 18.2 Å². The molecule has 2 nitrogen and oxygen atoms in total. The summed E-state index contributed by atoms with van der Waals surface area (Å²) < 4.78 is 5.14. The molecule has 0 amide bonds. The molecule has 0 aliphatic carbocycles. The van der Waals surface area contributed by atoms with Crippen molar-refractivity contribution < 1.29 is 9.84 Å². The third-order valence-electron chi connectivity index (χ3n) is 1.26. The van der Waals surface area contributed by atoms with E-state index in [9.17, 15) is 5.11 Å². The Balaban J connectivity index is 3.00. The highest BCUT2D eigenvalue weighted by molar-refractivity contribution is 7.80. The van der Waals surface area contributed by atoms with Gasteiger partial charge >= 0.3 is 0 Å². The molecule has 0 fully saturated rings. The summed E-state index contributed by atoms with van der Waals surface area (Å²) in [4.78, 5) is 0.659. The Morgan fingerprint density at radius 1 is 1.55 bits per heavy atom. The fraction of sp³-hybridized carbons (Fsp3) is 0.250. The number of rotatable bonds is 2. The molecule has 1 rings (SSSR count). The minimum atomic E-state index is 0.138. The van der Waals surface area contributed by atoms with Crippen LogP contribution in [0.15, 0.2) is 23.1 Å². The fourth-order valence-electron chi connectivity index (χ4n) is 0.805.